The second kappa shape index (κ2) is 4.99. The van der Waals surface area contributed by atoms with Crippen LogP contribution < -0.4 is 5.32 Å². The molecule has 2 aromatic heterocycles. The lowest BCUT2D eigenvalue weighted by molar-refractivity contribution is 0.101. The lowest BCUT2D eigenvalue weighted by Gasteiger charge is -2.07. The summed E-state index contributed by atoms with van der Waals surface area (Å²) < 4.78 is 0. The Kier molecular flexibility index (Phi) is 3.03. The molecule has 0 aliphatic heterocycles. The Morgan fingerprint density at radius 1 is 1.21 bits per heavy atom. The van der Waals surface area contributed by atoms with Crippen molar-refractivity contribution in [3.63, 3.8) is 0 Å². The van der Waals surface area contributed by atoms with Crippen molar-refractivity contribution in [2.24, 2.45) is 0 Å². The van der Waals surface area contributed by atoms with Gasteiger partial charge in [0.25, 0.3) is 11.7 Å². The number of H-pyrrole nitrogens is 1. The normalized spacial score (nSPS) is 10.3. The largest absolute Gasteiger partial charge is 0.319 e. The predicted octanol–water partition coefficient (Wildman–Crippen LogP) is 2.18. The highest BCUT2D eigenvalue weighted by Gasteiger charge is 2.13. The molecule has 0 saturated heterocycles. The fourth-order valence-electron chi connectivity index (χ4n) is 1.68. The van der Waals surface area contributed by atoms with Crippen LogP contribution in [0, 0.1) is 0 Å². The molecule has 0 fully saturated rings. The van der Waals surface area contributed by atoms with E-state index in [2.05, 4.69) is 25.9 Å². The summed E-state index contributed by atoms with van der Waals surface area (Å²) in [4.78, 5) is 13.0. The van der Waals surface area contributed by atoms with Gasteiger partial charge >= 0.3 is 0 Å². The summed E-state index contributed by atoms with van der Waals surface area (Å²) in [5.41, 5.74) is 1.69. The van der Waals surface area contributed by atoms with Gasteiger partial charge in [0.1, 0.15) is 0 Å². The molecule has 0 saturated carbocycles. The number of rotatable bonds is 3. The van der Waals surface area contributed by atoms with Gasteiger partial charge in [-0.2, -0.15) is 5.21 Å². The molecule has 0 radical (unpaired) electrons. The van der Waals surface area contributed by atoms with Gasteiger partial charge in [-0.05, 0) is 22.7 Å². The zero-order valence-electron chi connectivity index (χ0n) is 9.70. The Morgan fingerprint density at radius 3 is 2.84 bits per heavy atom. The van der Waals surface area contributed by atoms with E-state index in [1.54, 1.807) is 11.3 Å². The first-order chi connectivity index (χ1) is 9.34. The van der Waals surface area contributed by atoms with Crippen molar-refractivity contribution in [3.05, 3.63) is 47.6 Å². The van der Waals surface area contributed by atoms with E-state index in [1.165, 1.54) is 0 Å². The summed E-state index contributed by atoms with van der Waals surface area (Å²) in [5, 5.41) is 17.7. The molecule has 0 unspecified atom stereocenters. The van der Waals surface area contributed by atoms with Gasteiger partial charge in [0.15, 0.2) is 0 Å². The Labute approximate surface area is 112 Å². The summed E-state index contributed by atoms with van der Waals surface area (Å²) in [5.74, 6) is -0.376. The van der Waals surface area contributed by atoms with Crippen LogP contribution in [0.3, 0.4) is 0 Å². The number of tetrazole rings is 1. The average Bonchev–Trinajstić information content (AvgIpc) is 3.13. The van der Waals surface area contributed by atoms with Gasteiger partial charge in [-0.3, -0.25) is 4.79 Å². The lowest BCUT2D eigenvalue weighted by Crippen LogP contribution is -2.14. The van der Waals surface area contributed by atoms with Crippen molar-refractivity contribution in [1.82, 2.24) is 20.6 Å². The predicted molar refractivity (Wildman–Crippen MR) is 71.9 cm³/mol. The van der Waals surface area contributed by atoms with Crippen LogP contribution in [-0.4, -0.2) is 26.5 Å². The molecule has 6 nitrogen and oxygen atoms in total. The summed E-state index contributed by atoms with van der Waals surface area (Å²) in [6.07, 6.45) is 0. The van der Waals surface area contributed by atoms with E-state index in [9.17, 15) is 4.79 Å². The van der Waals surface area contributed by atoms with E-state index in [0.29, 0.717) is 0 Å². The molecule has 94 valence electrons. The molecule has 19 heavy (non-hydrogen) atoms. The monoisotopic (exact) mass is 271 g/mol. The number of hydrogen-bond acceptors (Lipinski definition) is 5. The van der Waals surface area contributed by atoms with E-state index in [4.69, 9.17) is 0 Å². The molecule has 1 amide bonds. The highest BCUT2D eigenvalue weighted by Crippen LogP contribution is 2.31. The molecule has 0 aliphatic carbocycles. The van der Waals surface area contributed by atoms with Crippen molar-refractivity contribution in [2.75, 3.05) is 5.32 Å². The summed E-state index contributed by atoms with van der Waals surface area (Å²) in [6.45, 7) is 0. The number of nitrogens with zero attached hydrogens (tertiary/aromatic N) is 3. The number of hydrogen-bond donors (Lipinski definition) is 2. The minimum absolute atomic E-state index is 0.0148. The molecule has 2 heterocycles. The van der Waals surface area contributed by atoms with Crippen LogP contribution in [0.15, 0.2) is 41.8 Å². The Balaban J connectivity index is 1.92. The fourth-order valence-corrected chi connectivity index (χ4v) is 2.44. The smallest absolute Gasteiger partial charge is 0.297 e. The molecule has 1 aromatic carbocycles. The van der Waals surface area contributed by atoms with Crippen molar-refractivity contribution in [1.29, 1.82) is 0 Å². The average molecular weight is 271 g/mol. The van der Waals surface area contributed by atoms with Crippen molar-refractivity contribution in [2.45, 2.75) is 0 Å². The van der Waals surface area contributed by atoms with Gasteiger partial charge in [0.2, 0.25) is 0 Å². The topological polar surface area (TPSA) is 83.6 Å². The summed E-state index contributed by atoms with van der Waals surface area (Å²) >= 11 is 1.61. The highest BCUT2D eigenvalue weighted by molar-refractivity contribution is 7.13. The van der Waals surface area contributed by atoms with Gasteiger partial charge in [-0.25, -0.2) is 0 Å². The fraction of sp³-hybridized carbons (Fsp3) is 0. The molecule has 0 spiro atoms. The number of thiophene rings is 1. The standard InChI is InChI=1S/C12H9N5OS/c18-12(11-14-16-17-15-11)13-9-5-2-1-4-8(9)10-6-3-7-19-10/h1-7H,(H,13,18)(H,14,15,16,17). The molecule has 0 aliphatic rings. The third kappa shape index (κ3) is 2.36. The van der Waals surface area contributed by atoms with Crippen LogP contribution in [0.5, 0.6) is 0 Å². The van der Waals surface area contributed by atoms with E-state index < -0.39 is 5.91 Å². The van der Waals surface area contributed by atoms with Crippen LogP contribution in [-0.2, 0) is 0 Å². The number of anilines is 1. The number of carbonyl (C=O) groups excluding carboxylic acids is 1. The first-order valence-electron chi connectivity index (χ1n) is 5.52. The highest BCUT2D eigenvalue weighted by atomic mass is 32.1. The van der Waals surface area contributed by atoms with Crippen LogP contribution in [0.4, 0.5) is 5.69 Å². The SMILES string of the molecule is O=C(Nc1ccccc1-c1cccs1)c1nn[nH]n1. The molecule has 7 heteroatoms. The van der Waals surface area contributed by atoms with Crippen LogP contribution in [0.2, 0.25) is 0 Å². The maximum atomic E-state index is 11.9. The molecule has 3 rings (SSSR count). The second-order valence-corrected chi connectivity index (χ2v) is 4.66. The van der Waals surface area contributed by atoms with Gasteiger partial charge in [-0.15, -0.1) is 21.5 Å². The van der Waals surface area contributed by atoms with Crippen molar-refractivity contribution in [3.8, 4) is 10.4 Å². The van der Waals surface area contributed by atoms with Crippen molar-refractivity contribution < 1.29 is 4.79 Å². The van der Waals surface area contributed by atoms with Gasteiger partial charge in [0, 0.05) is 16.1 Å². The molecule has 2 N–H and O–H groups in total. The minimum atomic E-state index is -0.391. The first kappa shape index (κ1) is 11.5. The van der Waals surface area contributed by atoms with Crippen LogP contribution in [0.25, 0.3) is 10.4 Å². The van der Waals surface area contributed by atoms with E-state index in [-0.39, 0.29) is 5.82 Å². The van der Waals surface area contributed by atoms with Gasteiger partial charge < -0.3 is 5.32 Å². The zero-order valence-corrected chi connectivity index (χ0v) is 10.5. The minimum Gasteiger partial charge on any atom is -0.319 e. The summed E-state index contributed by atoms with van der Waals surface area (Å²) in [6, 6.07) is 11.6. The number of aromatic nitrogens is 4. The van der Waals surface area contributed by atoms with Crippen LogP contribution in [0.1, 0.15) is 10.6 Å². The van der Waals surface area contributed by atoms with Gasteiger partial charge in [-0.1, -0.05) is 24.3 Å². The van der Waals surface area contributed by atoms with E-state index >= 15 is 0 Å². The number of carbonyl (C=O) groups is 1. The van der Waals surface area contributed by atoms with Crippen LogP contribution >= 0.6 is 11.3 Å². The molecular formula is C12H9N5OS. The number of aromatic amines is 1. The van der Waals surface area contributed by atoms with Crippen molar-refractivity contribution >= 4 is 22.9 Å². The quantitative estimate of drug-likeness (QED) is 0.764. The number of amides is 1. The number of benzene rings is 1. The number of nitrogens with one attached hydrogen (secondary N) is 2. The van der Waals surface area contributed by atoms with E-state index in [0.717, 1.165) is 16.1 Å². The maximum Gasteiger partial charge on any atom is 0.297 e. The Bertz CT molecular complexity index is 678. The maximum absolute atomic E-state index is 11.9. The molecule has 3 aromatic rings. The van der Waals surface area contributed by atoms with Gasteiger partial charge in [0.05, 0.1) is 0 Å². The zero-order chi connectivity index (χ0) is 13.1. The Hall–Kier alpha value is -2.54. The number of para-hydroxylation sites is 1. The van der Waals surface area contributed by atoms with E-state index in [1.807, 2.05) is 41.8 Å². The summed E-state index contributed by atoms with van der Waals surface area (Å²) in [7, 11) is 0. The molecular weight excluding hydrogens is 262 g/mol. The molecule has 0 bridgehead atoms. The second-order valence-electron chi connectivity index (χ2n) is 3.71. The lowest BCUT2D eigenvalue weighted by atomic mass is 10.1. The third-order valence-electron chi connectivity index (χ3n) is 2.51. The molecule has 0 atom stereocenters. The first-order valence-corrected chi connectivity index (χ1v) is 6.40. The Morgan fingerprint density at radius 2 is 2.11 bits per heavy atom. The third-order valence-corrected chi connectivity index (χ3v) is 3.41.